The highest BCUT2D eigenvalue weighted by molar-refractivity contribution is 5.73. The van der Waals surface area contributed by atoms with Gasteiger partial charge in [-0.2, -0.15) is 0 Å². The van der Waals surface area contributed by atoms with Crippen molar-refractivity contribution in [1.29, 1.82) is 0 Å². The van der Waals surface area contributed by atoms with E-state index in [1.165, 1.54) is 32.8 Å². The molecule has 0 radical (unpaired) electrons. The van der Waals surface area contributed by atoms with Gasteiger partial charge in [0.2, 0.25) is 0 Å². The van der Waals surface area contributed by atoms with Crippen molar-refractivity contribution in [2.24, 2.45) is 0 Å². The molecule has 0 rings (SSSR count). The Hall–Kier alpha value is -0.570. The van der Waals surface area contributed by atoms with E-state index in [-0.39, 0.29) is 5.97 Å². The summed E-state index contributed by atoms with van der Waals surface area (Å²) in [6.07, 6.45) is 5.58. The Kier molecular flexibility index (Phi) is 8.64. The Labute approximate surface area is 86.8 Å². The van der Waals surface area contributed by atoms with E-state index in [9.17, 15) is 4.79 Å². The Morgan fingerprint density at radius 2 is 1.86 bits per heavy atom. The third kappa shape index (κ3) is 6.89. The fourth-order valence-corrected chi connectivity index (χ4v) is 1.20. The van der Waals surface area contributed by atoms with Crippen LogP contribution < -0.4 is 0 Å². The SMILES string of the molecule is CCCCCCCOC(C)C(=O)OC. The van der Waals surface area contributed by atoms with Crippen LogP contribution in [0, 0.1) is 0 Å². The lowest BCUT2D eigenvalue weighted by Gasteiger charge is -2.10. The maximum atomic E-state index is 10.9. The second-order valence-electron chi connectivity index (χ2n) is 3.45. The second-order valence-corrected chi connectivity index (χ2v) is 3.45. The quantitative estimate of drug-likeness (QED) is 0.448. The highest BCUT2D eigenvalue weighted by Crippen LogP contribution is 2.03. The van der Waals surface area contributed by atoms with Gasteiger partial charge in [-0.3, -0.25) is 0 Å². The first-order valence-electron chi connectivity index (χ1n) is 5.41. The Balaban J connectivity index is 3.23. The summed E-state index contributed by atoms with van der Waals surface area (Å²) in [6, 6.07) is 0. The smallest absolute Gasteiger partial charge is 0.334 e. The molecule has 0 saturated heterocycles. The van der Waals surface area contributed by atoms with Gasteiger partial charge in [0.1, 0.15) is 0 Å². The summed E-state index contributed by atoms with van der Waals surface area (Å²) in [4.78, 5) is 10.9. The predicted octanol–water partition coefficient (Wildman–Crippen LogP) is 2.53. The number of ether oxygens (including phenoxy) is 2. The van der Waals surface area contributed by atoms with Crippen LogP contribution in [0.2, 0.25) is 0 Å². The van der Waals surface area contributed by atoms with Crippen molar-refractivity contribution in [2.45, 2.75) is 52.1 Å². The van der Waals surface area contributed by atoms with Crippen LogP contribution in [0.4, 0.5) is 0 Å². The van der Waals surface area contributed by atoms with Crippen LogP contribution in [0.3, 0.4) is 0 Å². The second kappa shape index (κ2) is 9.00. The molecule has 0 fully saturated rings. The molecule has 0 aromatic heterocycles. The van der Waals surface area contributed by atoms with Crippen molar-refractivity contribution < 1.29 is 14.3 Å². The molecule has 0 aliphatic rings. The minimum absolute atomic E-state index is 0.293. The van der Waals surface area contributed by atoms with Crippen molar-refractivity contribution in [3.63, 3.8) is 0 Å². The van der Waals surface area contributed by atoms with Crippen molar-refractivity contribution in [2.75, 3.05) is 13.7 Å². The molecule has 1 atom stereocenters. The summed E-state index contributed by atoms with van der Waals surface area (Å²) in [6.45, 7) is 4.56. The molecule has 0 aromatic rings. The molecular formula is C11H22O3. The van der Waals surface area contributed by atoms with Gasteiger partial charge in [0.25, 0.3) is 0 Å². The third-order valence-corrected chi connectivity index (χ3v) is 2.15. The highest BCUT2D eigenvalue weighted by Gasteiger charge is 2.12. The number of carbonyl (C=O) groups is 1. The first kappa shape index (κ1) is 13.4. The number of rotatable bonds is 8. The minimum Gasteiger partial charge on any atom is -0.467 e. The molecule has 0 N–H and O–H groups in total. The van der Waals surface area contributed by atoms with E-state index in [1.807, 2.05) is 0 Å². The molecule has 14 heavy (non-hydrogen) atoms. The monoisotopic (exact) mass is 202 g/mol. The van der Waals surface area contributed by atoms with Gasteiger partial charge in [-0.25, -0.2) is 4.79 Å². The largest absolute Gasteiger partial charge is 0.467 e. The van der Waals surface area contributed by atoms with Gasteiger partial charge < -0.3 is 9.47 Å². The van der Waals surface area contributed by atoms with E-state index in [0.29, 0.717) is 6.61 Å². The zero-order chi connectivity index (χ0) is 10.8. The zero-order valence-electron chi connectivity index (χ0n) is 9.54. The van der Waals surface area contributed by atoms with Gasteiger partial charge in [-0.1, -0.05) is 32.6 Å². The summed E-state index contributed by atoms with van der Waals surface area (Å²) in [5.74, 6) is -0.293. The number of hydrogen-bond acceptors (Lipinski definition) is 3. The fourth-order valence-electron chi connectivity index (χ4n) is 1.20. The molecule has 0 aromatic carbocycles. The van der Waals surface area contributed by atoms with E-state index in [0.717, 1.165) is 6.42 Å². The van der Waals surface area contributed by atoms with Crippen LogP contribution >= 0.6 is 0 Å². The number of unbranched alkanes of at least 4 members (excludes halogenated alkanes) is 4. The molecule has 0 amide bonds. The number of carbonyl (C=O) groups excluding carboxylic acids is 1. The lowest BCUT2D eigenvalue weighted by molar-refractivity contribution is -0.152. The Morgan fingerprint density at radius 1 is 1.21 bits per heavy atom. The zero-order valence-corrected chi connectivity index (χ0v) is 9.54. The van der Waals surface area contributed by atoms with Crippen LogP contribution in [0.5, 0.6) is 0 Å². The van der Waals surface area contributed by atoms with Gasteiger partial charge in [0, 0.05) is 6.61 Å². The maximum Gasteiger partial charge on any atom is 0.334 e. The molecule has 0 saturated carbocycles. The maximum absolute atomic E-state index is 10.9. The summed E-state index contributed by atoms with van der Waals surface area (Å²) >= 11 is 0. The topological polar surface area (TPSA) is 35.5 Å². The number of hydrogen-bond donors (Lipinski definition) is 0. The number of esters is 1. The van der Waals surface area contributed by atoms with Crippen LogP contribution in [0.25, 0.3) is 0 Å². The van der Waals surface area contributed by atoms with E-state index >= 15 is 0 Å². The first-order valence-corrected chi connectivity index (χ1v) is 5.41. The van der Waals surface area contributed by atoms with E-state index in [1.54, 1.807) is 6.92 Å². The first-order chi connectivity index (χ1) is 6.72. The number of methoxy groups -OCH3 is 1. The lowest BCUT2D eigenvalue weighted by Crippen LogP contribution is -2.22. The van der Waals surface area contributed by atoms with Crippen LogP contribution in [0.15, 0.2) is 0 Å². The third-order valence-electron chi connectivity index (χ3n) is 2.15. The van der Waals surface area contributed by atoms with Crippen LogP contribution in [0.1, 0.15) is 46.0 Å². The van der Waals surface area contributed by atoms with Crippen molar-refractivity contribution in [3.05, 3.63) is 0 Å². The van der Waals surface area contributed by atoms with E-state index in [4.69, 9.17) is 4.74 Å². The summed E-state index contributed by atoms with van der Waals surface area (Å²) in [5, 5.41) is 0. The highest BCUT2D eigenvalue weighted by atomic mass is 16.6. The normalized spacial score (nSPS) is 12.5. The molecule has 84 valence electrons. The summed E-state index contributed by atoms with van der Waals surface area (Å²) in [7, 11) is 1.38. The molecule has 0 aliphatic heterocycles. The van der Waals surface area contributed by atoms with Gasteiger partial charge in [0.15, 0.2) is 6.10 Å². The van der Waals surface area contributed by atoms with Gasteiger partial charge in [0.05, 0.1) is 7.11 Å². The van der Waals surface area contributed by atoms with Crippen molar-refractivity contribution in [3.8, 4) is 0 Å². The minimum atomic E-state index is -0.425. The van der Waals surface area contributed by atoms with Gasteiger partial charge in [-0.05, 0) is 13.3 Å². The molecule has 3 nitrogen and oxygen atoms in total. The van der Waals surface area contributed by atoms with E-state index < -0.39 is 6.10 Å². The van der Waals surface area contributed by atoms with Crippen molar-refractivity contribution >= 4 is 5.97 Å². The summed E-state index contributed by atoms with van der Waals surface area (Å²) in [5.41, 5.74) is 0. The van der Waals surface area contributed by atoms with Gasteiger partial charge in [-0.15, -0.1) is 0 Å². The van der Waals surface area contributed by atoms with Gasteiger partial charge >= 0.3 is 5.97 Å². The molecule has 0 spiro atoms. The summed E-state index contributed by atoms with van der Waals surface area (Å²) < 4.78 is 9.84. The Bertz CT molecular complexity index is 145. The molecule has 3 heteroatoms. The standard InChI is InChI=1S/C11H22O3/c1-4-5-6-7-8-9-14-10(2)11(12)13-3/h10H,4-9H2,1-3H3. The predicted molar refractivity (Wildman–Crippen MR) is 56.2 cm³/mol. The average Bonchev–Trinajstić information content (AvgIpc) is 2.21. The molecule has 0 heterocycles. The average molecular weight is 202 g/mol. The molecule has 1 unspecified atom stereocenters. The fraction of sp³-hybridized carbons (Fsp3) is 0.909. The Morgan fingerprint density at radius 3 is 2.43 bits per heavy atom. The van der Waals surface area contributed by atoms with Crippen LogP contribution in [-0.4, -0.2) is 25.8 Å². The molecule has 0 bridgehead atoms. The van der Waals surface area contributed by atoms with E-state index in [2.05, 4.69) is 11.7 Å². The lowest BCUT2D eigenvalue weighted by atomic mass is 10.2. The molecular weight excluding hydrogens is 180 g/mol. The van der Waals surface area contributed by atoms with Crippen molar-refractivity contribution in [1.82, 2.24) is 0 Å². The molecule has 0 aliphatic carbocycles. The van der Waals surface area contributed by atoms with Crippen LogP contribution in [-0.2, 0) is 14.3 Å².